The summed E-state index contributed by atoms with van der Waals surface area (Å²) in [4.78, 5) is 0. The van der Waals surface area contributed by atoms with Gasteiger partial charge in [-0.25, -0.2) is 0 Å². The summed E-state index contributed by atoms with van der Waals surface area (Å²) in [6.07, 6.45) is 12.2. The van der Waals surface area contributed by atoms with Crippen molar-refractivity contribution >= 4 is 17.9 Å². The molecule has 1 nitrogen and oxygen atoms in total. The Bertz CT molecular complexity index is 660. The summed E-state index contributed by atoms with van der Waals surface area (Å²) in [7, 11) is -0.00807. The van der Waals surface area contributed by atoms with Gasteiger partial charge >= 0.3 is 0 Å². The third-order valence-electron chi connectivity index (χ3n) is 3.86. The zero-order chi connectivity index (χ0) is 15.3. The number of allylic oxidation sites excluding steroid dienone is 6. The van der Waals surface area contributed by atoms with Gasteiger partial charge in [0, 0.05) is 13.2 Å². The fourth-order valence-electron chi connectivity index (χ4n) is 2.86. The molecule has 0 unspecified atom stereocenters. The molecule has 0 bridgehead atoms. The van der Waals surface area contributed by atoms with Crippen LogP contribution in [0.25, 0.3) is 0 Å². The summed E-state index contributed by atoms with van der Waals surface area (Å²) in [6, 6.07) is 21.4. The van der Waals surface area contributed by atoms with Gasteiger partial charge in [0.2, 0.25) is 5.31 Å². The van der Waals surface area contributed by atoms with Crippen molar-refractivity contribution in [1.29, 1.82) is 0 Å². The molecule has 2 heteroatoms. The number of rotatable bonds is 5. The first-order valence-corrected chi connectivity index (χ1v) is 9.30. The van der Waals surface area contributed by atoms with E-state index in [0.717, 1.165) is 0 Å². The Morgan fingerprint density at radius 2 is 1.50 bits per heavy atom. The van der Waals surface area contributed by atoms with E-state index in [2.05, 4.69) is 78.9 Å². The van der Waals surface area contributed by atoms with E-state index in [1.54, 1.807) is 7.11 Å². The Labute approximate surface area is 133 Å². The van der Waals surface area contributed by atoms with E-state index in [1.165, 1.54) is 15.9 Å². The number of methoxy groups -OCH3 is 1. The SMILES string of the molecule is COC[P+](C1=CC=[C+]C=C1)(c1ccccc1)c1ccccc1. The molecule has 0 spiro atoms. The first-order chi connectivity index (χ1) is 10.9. The van der Waals surface area contributed by atoms with Crippen molar-refractivity contribution in [2.24, 2.45) is 0 Å². The maximum absolute atomic E-state index is 5.71. The second-order valence-electron chi connectivity index (χ2n) is 5.16. The maximum Gasteiger partial charge on any atom is 0.211 e. The fourth-order valence-corrected chi connectivity index (χ4v) is 6.61. The molecule has 0 saturated carbocycles. The lowest BCUT2D eigenvalue weighted by Crippen LogP contribution is -2.26. The van der Waals surface area contributed by atoms with E-state index in [1.807, 2.05) is 12.2 Å². The maximum atomic E-state index is 5.71. The van der Waals surface area contributed by atoms with Crippen LogP contribution in [0.1, 0.15) is 0 Å². The summed E-state index contributed by atoms with van der Waals surface area (Å²) >= 11 is 0. The molecular weight excluding hydrogens is 287 g/mol. The number of hydrogen-bond acceptors (Lipinski definition) is 1. The van der Waals surface area contributed by atoms with E-state index >= 15 is 0 Å². The number of benzene rings is 2. The number of ether oxygens (including phenoxy) is 1. The first-order valence-electron chi connectivity index (χ1n) is 7.33. The minimum atomic E-state index is -1.80. The lowest BCUT2D eigenvalue weighted by atomic mass is 10.3. The molecule has 0 atom stereocenters. The van der Waals surface area contributed by atoms with Crippen LogP contribution in [0.15, 0.2) is 90.3 Å². The summed E-state index contributed by atoms with van der Waals surface area (Å²) in [5.41, 5.74) is 0. The predicted molar refractivity (Wildman–Crippen MR) is 96.0 cm³/mol. The van der Waals surface area contributed by atoms with Crippen molar-refractivity contribution in [1.82, 2.24) is 0 Å². The third-order valence-corrected chi connectivity index (χ3v) is 8.04. The number of hydrogen-bond donors (Lipinski definition) is 0. The third kappa shape index (κ3) is 2.67. The van der Waals surface area contributed by atoms with Crippen LogP contribution in [0.4, 0.5) is 0 Å². The normalized spacial score (nSPS) is 13.6. The van der Waals surface area contributed by atoms with Crippen LogP contribution in [-0.2, 0) is 4.74 Å². The van der Waals surface area contributed by atoms with Crippen LogP contribution in [0, 0.1) is 6.08 Å². The van der Waals surface area contributed by atoms with E-state index in [4.69, 9.17) is 4.74 Å². The molecule has 0 saturated heterocycles. The van der Waals surface area contributed by atoms with Gasteiger partial charge in [-0.15, -0.1) is 0 Å². The molecule has 2 aromatic rings. The molecule has 0 fully saturated rings. The zero-order valence-corrected chi connectivity index (χ0v) is 13.5. The van der Waals surface area contributed by atoms with Crippen LogP contribution in [-0.4, -0.2) is 13.5 Å². The fraction of sp³-hybridized carbons (Fsp3) is 0.100. The lowest BCUT2D eigenvalue weighted by molar-refractivity contribution is 0.255. The van der Waals surface area contributed by atoms with Gasteiger partial charge in [0.05, 0.1) is 12.2 Å². The standard InChI is InChI=1S/C20H19OP/c1-21-17-22(18-11-5-2-6-12-18,19-13-7-3-8-14-19)20-15-9-4-10-16-20/h2-3,5-16H,17H2,1H3/q+2. The van der Waals surface area contributed by atoms with Gasteiger partial charge in [-0.2, -0.15) is 0 Å². The predicted octanol–water partition coefficient (Wildman–Crippen LogP) is 4.07. The zero-order valence-electron chi connectivity index (χ0n) is 12.6. The van der Waals surface area contributed by atoms with E-state index in [0.29, 0.717) is 6.35 Å². The van der Waals surface area contributed by atoms with Crippen molar-refractivity contribution < 1.29 is 4.74 Å². The molecule has 0 heterocycles. The molecule has 108 valence electrons. The molecule has 22 heavy (non-hydrogen) atoms. The highest BCUT2D eigenvalue weighted by atomic mass is 31.2. The molecule has 1 aliphatic carbocycles. The van der Waals surface area contributed by atoms with Crippen molar-refractivity contribution in [3.8, 4) is 0 Å². The quantitative estimate of drug-likeness (QED) is 0.597. The van der Waals surface area contributed by atoms with Gasteiger partial charge in [-0.3, -0.25) is 0 Å². The van der Waals surface area contributed by atoms with Gasteiger partial charge in [0.15, 0.2) is 13.6 Å². The molecule has 0 aromatic heterocycles. The van der Waals surface area contributed by atoms with Crippen molar-refractivity contribution in [3.63, 3.8) is 0 Å². The summed E-state index contributed by atoms with van der Waals surface area (Å²) in [5, 5.41) is 4.01. The van der Waals surface area contributed by atoms with Gasteiger partial charge in [0.25, 0.3) is 0 Å². The van der Waals surface area contributed by atoms with E-state index < -0.39 is 7.26 Å². The Balaban J connectivity index is 2.26. The minimum absolute atomic E-state index is 0.699. The molecule has 0 N–H and O–H groups in total. The van der Waals surface area contributed by atoms with Crippen molar-refractivity contribution in [2.45, 2.75) is 0 Å². The Morgan fingerprint density at radius 3 is 1.95 bits per heavy atom. The highest BCUT2D eigenvalue weighted by molar-refractivity contribution is 7.93. The lowest BCUT2D eigenvalue weighted by Gasteiger charge is -2.24. The molecule has 3 rings (SSSR count). The Hall–Kier alpha value is -2.04. The van der Waals surface area contributed by atoms with Crippen molar-refractivity contribution in [2.75, 3.05) is 13.5 Å². The largest absolute Gasteiger partial charge is 0.348 e. The van der Waals surface area contributed by atoms with E-state index in [9.17, 15) is 0 Å². The molecule has 1 aliphatic rings. The second-order valence-corrected chi connectivity index (χ2v) is 8.58. The second kappa shape index (κ2) is 6.81. The highest BCUT2D eigenvalue weighted by Gasteiger charge is 2.49. The van der Waals surface area contributed by atoms with Gasteiger partial charge < -0.3 is 4.74 Å². The Morgan fingerprint density at radius 1 is 0.909 bits per heavy atom. The summed E-state index contributed by atoms with van der Waals surface area (Å²) in [6.45, 7) is 0. The topological polar surface area (TPSA) is 9.23 Å². The molecule has 2 aromatic carbocycles. The van der Waals surface area contributed by atoms with Crippen LogP contribution < -0.4 is 10.6 Å². The van der Waals surface area contributed by atoms with Crippen molar-refractivity contribution in [3.05, 3.63) is 96.4 Å². The van der Waals surface area contributed by atoms with Gasteiger partial charge in [0.1, 0.15) is 22.8 Å². The van der Waals surface area contributed by atoms with Crippen LogP contribution in [0.2, 0.25) is 0 Å². The monoisotopic (exact) mass is 306 g/mol. The first kappa shape index (κ1) is 14.9. The average Bonchev–Trinajstić information content (AvgIpc) is 2.62. The summed E-state index contributed by atoms with van der Waals surface area (Å²) < 4.78 is 5.71. The van der Waals surface area contributed by atoms with Crippen LogP contribution >= 0.6 is 7.26 Å². The van der Waals surface area contributed by atoms with Crippen LogP contribution in [0.3, 0.4) is 0 Å². The van der Waals surface area contributed by atoms with Gasteiger partial charge in [-0.05, 0) is 24.3 Å². The molecule has 0 radical (unpaired) electrons. The smallest absolute Gasteiger partial charge is 0.211 e. The minimum Gasteiger partial charge on any atom is -0.348 e. The Kier molecular flexibility index (Phi) is 4.61. The van der Waals surface area contributed by atoms with Gasteiger partial charge in [-0.1, -0.05) is 36.4 Å². The summed E-state index contributed by atoms with van der Waals surface area (Å²) in [5.74, 6) is 0. The molecular formula is C20H19OP+2. The molecule has 0 amide bonds. The molecule has 0 aliphatic heterocycles. The van der Waals surface area contributed by atoms with Crippen LogP contribution in [0.5, 0.6) is 0 Å². The highest BCUT2D eigenvalue weighted by Crippen LogP contribution is 2.64. The average molecular weight is 306 g/mol. The van der Waals surface area contributed by atoms with E-state index in [-0.39, 0.29) is 0 Å².